The van der Waals surface area contributed by atoms with Crippen LogP contribution < -0.4 is 5.32 Å². The molecule has 17 heavy (non-hydrogen) atoms. The third kappa shape index (κ3) is 2.87. The summed E-state index contributed by atoms with van der Waals surface area (Å²) in [6.07, 6.45) is 1.66. The molecule has 0 aromatic heterocycles. The molecule has 4 heteroatoms. The Morgan fingerprint density at radius 1 is 1.29 bits per heavy atom. The summed E-state index contributed by atoms with van der Waals surface area (Å²) in [6, 6.07) is 8.14. The molecule has 0 atom stereocenters. The van der Waals surface area contributed by atoms with Gasteiger partial charge in [0.05, 0.1) is 5.54 Å². The second kappa shape index (κ2) is 5.19. The molecule has 92 valence electrons. The fourth-order valence-electron chi connectivity index (χ4n) is 2.31. The Morgan fingerprint density at radius 3 is 2.41 bits per heavy atom. The van der Waals surface area contributed by atoms with Gasteiger partial charge in [0, 0.05) is 24.6 Å². The number of carbonyl (C=O) groups is 1. The number of hydrogen-bond donors (Lipinski definition) is 1. The lowest BCUT2D eigenvalue weighted by molar-refractivity contribution is -0.122. The Hall–Kier alpha value is -0.870. The molecule has 0 spiro atoms. The highest BCUT2D eigenvalue weighted by Crippen LogP contribution is 2.32. The molecule has 1 fully saturated rings. The largest absolute Gasteiger partial charge is 0.381 e. The summed E-state index contributed by atoms with van der Waals surface area (Å²) in [5, 5.41) is 3.10. The molecule has 1 saturated heterocycles. The molecule has 1 aliphatic heterocycles. The monoisotopic (exact) mass is 297 g/mol. The normalized spacial score (nSPS) is 18.7. The van der Waals surface area contributed by atoms with Crippen LogP contribution in [0.5, 0.6) is 0 Å². The summed E-state index contributed by atoms with van der Waals surface area (Å²) in [6.45, 7) is 2.95. The maximum absolute atomic E-state index is 11.4. The summed E-state index contributed by atoms with van der Waals surface area (Å²) in [5.74, 6) is 0.00909. The molecule has 0 aliphatic carbocycles. The molecule has 1 aromatic carbocycles. The highest BCUT2D eigenvalue weighted by molar-refractivity contribution is 9.10. The van der Waals surface area contributed by atoms with Gasteiger partial charge in [-0.05, 0) is 30.5 Å². The van der Waals surface area contributed by atoms with Gasteiger partial charge in [-0.15, -0.1) is 0 Å². The minimum absolute atomic E-state index is 0.00909. The van der Waals surface area contributed by atoms with Gasteiger partial charge in [0.25, 0.3) is 0 Å². The van der Waals surface area contributed by atoms with Crippen LogP contribution in [0.1, 0.15) is 25.3 Å². The van der Waals surface area contributed by atoms with Crippen LogP contribution in [0.2, 0.25) is 0 Å². The third-order valence-corrected chi connectivity index (χ3v) is 3.69. The zero-order valence-electron chi connectivity index (χ0n) is 9.83. The maximum atomic E-state index is 11.4. The van der Waals surface area contributed by atoms with E-state index in [1.54, 1.807) is 6.92 Å². The average Bonchev–Trinajstić information content (AvgIpc) is 2.30. The molecular formula is C13H16BrNO2. The van der Waals surface area contributed by atoms with Crippen LogP contribution in [0.4, 0.5) is 0 Å². The number of rotatable bonds is 2. The Labute approximate surface area is 110 Å². The quantitative estimate of drug-likeness (QED) is 0.911. The lowest BCUT2D eigenvalue weighted by atomic mass is 9.82. The van der Waals surface area contributed by atoms with Crippen LogP contribution in [0.15, 0.2) is 28.7 Å². The zero-order valence-corrected chi connectivity index (χ0v) is 11.4. The predicted molar refractivity (Wildman–Crippen MR) is 69.7 cm³/mol. The number of hydrogen-bond acceptors (Lipinski definition) is 2. The van der Waals surface area contributed by atoms with Crippen molar-refractivity contribution in [2.24, 2.45) is 0 Å². The Morgan fingerprint density at radius 2 is 1.88 bits per heavy atom. The first-order chi connectivity index (χ1) is 8.12. The molecule has 0 radical (unpaired) electrons. The molecule has 3 nitrogen and oxygen atoms in total. The minimum atomic E-state index is -0.259. The van der Waals surface area contributed by atoms with Crippen molar-refractivity contribution in [1.29, 1.82) is 0 Å². The smallest absolute Gasteiger partial charge is 0.217 e. The lowest BCUT2D eigenvalue weighted by Gasteiger charge is -2.38. The van der Waals surface area contributed by atoms with E-state index in [-0.39, 0.29) is 11.4 Å². The number of amides is 1. The first-order valence-electron chi connectivity index (χ1n) is 5.75. The first-order valence-corrected chi connectivity index (χ1v) is 6.54. The van der Waals surface area contributed by atoms with E-state index in [2.05, 4.69) is 33.4 Å². The van der Waals surface area contributed by atoms with Crippen molar-refractivity contribution in [3.05, 3.63) is 34.3 Å². The molecule has 0 saturated carbocycles. The summed E-state index contributed by atoms with van der Waals surface area (Å²) < 4.78 is 6.44. The number of carbonyl (C=O) groups excluding carboxylic acids is 1. The van der Waals surface area contributed by atoms with Crippen LogP contribution in [0.3, 0.4) is 0 Å². The molecular weight excluding hydrogens is 282 g/mol. The van der Waals surface area contributed by atoms with E-state index in [9.17, 15) is 4.79 Å². The molecule has 2 rings (SSSR count). The fraction of sp³-hybridized carbons (Fsp3) is 0.462. The lowest BCUT2D eigenvalue weighted by Crippen LogP contribution is -2.48. The van der Waals surface area contributed by atoms with E-state index in [4.69, 9.17) is 4.74 Å². The highest BCUT2D eigenvalue weighted by atomic mass is 79.9. The van der Waals surface area contributed by atoms with Crippen molar-refractivity contribution < 1.29 is 9.53 Å². The second-order valence-corrected chi connectivity index (χ2v) is 5.30. The fourth-order valence-corrected chi connectivity index (χ4v) is 2.58. The summed E-state index contributed by atoms with van der Waals surface area (Å²) in [7, 11) is 0. The van der Waals surface area contributed by atoms with Crippen LogP contribution in [-0.4, -0.2) is 19.1 Å². The number of benzene rings is 1. The van der Waals surface area contributed by atoms with Crippen LogP contribution >= 0.6 is 15.9 Å². The molecule has 0 unspecified atom stereocenters. The summed E-state index contributed by atoms with van der Waals surface area (Å²) in [4.78, 5) is 11.4. The van der Waals surface area contributed by atoms with Crippen molar-refractivity contribution in [3.63, 3.8) is 0 Å². The molecule has 1 heterocycles. The average molecular weight is 298 g/mol. The van der Waals surface area contributed by atoms with E-state index >= 15 is 0 Å². The van der Waals surface area contributed by atoms with Gasteiger partial charge in [-0.1, -0.05) is 28.1 Å². The number of ether oxygens (including phenoxy) is 1. The molecule has 1 aromatic rings. The second-order valence-electron chi connectivity index (χ2n) is 4.38. The van der Waals surface area contributed by atoms with Gasteiger partial charge >= 0.3 is 0 Å². The first kappa shape index (κ1) is 12.6. The Kier molecular flexibility index (Phi) is 3.84. The summed E-state index contributed by atoms with van der Waals surface area (Å²) in [5.41, 5.74) is 0.893. The van der Waals surface area contributed by atoms with E-state index in [1.807, 2.05) is 12.1 Å². The SMILES string of the molecule is CC(=O)NC1(c2ccc(Br)cc2)CCOCC1. The van der Waals surface area contributed by atoms with Crippen molar-refractivity contribution in [1.82, 2.24) is 5.32 Å². The predicted octanol–water partition coefficient (Wildman–Crippen LogP) is 2.59. The van der Waals surface area contributed by atoms with Crippen LogP contribution in [0, 0.1) is 0 Å². The van der Waals surface area contributed by atoms with Gasteiger partial charge < -0.3 is 10.1 Å². The molecule has 0 bridgehead atoms. The van der Waals surface area contributed by atoms with Gasteiger partial charge in [-0.2, -0.15) is 0 Å². The topological polar surface area (TPSA) is 38.3 Å². The van der Waals surface area contributed by atoms with Crippen molar-refractivity contribution >= 4 is 21.8 Å². The van der Waals surface area contributed by atoms with Crippen LogP contribution in [0.25, 0.3) is 0 Å². The van der Waals surface area contributed by atoms with Gasteiger partial charge in [0.15, 0.2) is 0 Å². The maximum Gasteiger partial charge on any atom is 0.217 e. The van der Waals surface area contributed by atoms with Crippen molar-refractivity contribution in [3.8, 4) is 0 Å². The van der Waals surface area contributed by atoms with E-state index in [0.29, 0.717) is 13.2 Å². The Bertz CT molecular complexity index is 396. The van der Waals surface area contributed by atoms with Crippen LogP contribution in [-0.2, 0) is 15.1 Å². The van der Waals surface area contributed by atoms with E-state index in [0.717, 1.165) is 22.9 Å². The van der Waals surface area contributed by atoms with E-state index in [1.165, 1.54) is 0 Å². The molecule has 1 amide bonds. The van der Waals surface area contributed by atoms with Gasteiger partial charge in [0.1, 0.15) is 0 Å². The van der Waals surface area contributed by atoms with Crippen molar-refractivity contribution in [2.75, 3.05) is 13.2 Å². The van der Waals surface area contributed by atoms with E-state index < -0.39 is 0 Å². The Balaban J connectivity index is 2.31. The molecule has 1 N–H and O–H groups in total. The van der Waals surface area contributed by atoms with Crippen molar-refractivity contribution in [2.45, 2.75) is 25.3 Å². The van der Waals surface area contributed by atoms with Gasteiger partial charge in [-0.3, -0.25) is 4.79 Å². The highest BCUT2D eigenvalue weighted by Gasteiger charge is 2.34. The molecule has 1 aliphatic rings. The standard InChI is InChI=1S/C13H16BrNO2/c1-10(16)15-13(6-8-17-9-7-13)11-2-4-12(14)5-3-11/h2-5H,6-9H2,1H3,(H,15,16). The third-order valence-electron chi connectivity index (χ3n) is 3.16. The van der Waals surface area contributed by atoms with Gasteiger partial charge in [0.2, 0.25) is 5.91 Å². The summed E-state index contributed by atoms with van der Waals surface area (Å²) >= 11 is 3.43. The van der Waals surface area contributed by atoms with Gasteiger partial charge in [-0.25, -0.2) is 0 Å². The number of halogens is 1. The minimum Gasteiger partial charge on any atom is -0.381 e. The zero-order chi connectivity index (χ0) is 12.3. The number of nitrogens with one attached hydrogen (secondary N) is 1.